The molecule has 0 saturated carbocycles. The summed E-state index contributed by atoms with van der Waals surface area (Å²) in [6.45, 7) is 2.00. The number of rotatable bonds is 2. The van der Waals surface area contributed by atoms with Crippen molar-refractivity contribution in [2.45, 2.75) is 19.3 Å². The van der Waals surface area contributed by atoms with Gasteiger partial charge in [-0.15, -0.1) is 0 Å². The van der Waals surface area contributed by atoms with Crippen LogP contribution in [0.15, 0.2) is 24.3 Å². The van der Waals surface area contributed by atoms with Crippen LogP contribution in [0.2, 0.25) is 0 Å². The van der Waals surface area contributed by atoms with Crippen LogP contribution in [-0.2, 0) is 4.79 Å². The van der Waals surface area contributed by atoms with Gasteiger partial charge in [0.2, 0.25) is 5.91 Å². The molecule has 1 aromatic carbocycles. The fourth-order valence-electron chi connectivity index (χ4n) is 3.57. The first kappa shape index (κ1) is 14.3. The molecule has 2 aliphatic heterocycles. The van der Waals surface area contributed by atoms with Crippen LogP contribution in [-0.4, -0.2) is 35.5 Å². The molecule has 7 heteroatoms. The Balaban J connectivity index is 1.75. The zero-order valence-electron chi connectivity index (χ0n) is 12.4. The normalized spacial score (nSPS) is 24.1. The predicted octanol–water partition coefficient (Wildman–Crippen LogP) is 2.28. The summed E-state index contributed by atoms with van der Waals surface area (Å²) in [6.07, 6.45) is -1.35. The van der Waals surface area contributed by atoms with E-state index < -0.39 is 12.2 Å². The highest BCUT2D eigenvalue weighted by molar-refractivity contribution is 5.90. The van der Waals surface area contributed by atoms with Gasteiger partial charge in [-0.3, -0.25) is 4.79 Å². The van der Waals surface area contributed by atoms with Crippen LogP contribution in [0, 0.1) is 5.41 Å². The Labute approximate surface area is 131 Å². The van der Waals surface area contributed by atoms with Gasteiger partial charge in [0.25, 0.3) is 6.43 Å². The van der Waals surface area contributed by atoms with Crippen molar-refractivity contribution in [3.05, 3.63) is 30.1 Å². The van der Waals surface area contributed by atoms with Gasteiger partial charge in [0.05, 0.1) is 5.52 Å². The molecule has 0 aliphatic carbocycles. The number of anilines is 1. The summed E-state index contributed by atoms with van der Waals surface area (Å²) >= 11 is 0. The summed E-state index contributed by atoms with van der Waals surface area (Å²) in [7, 11) is 0. The summed E-state index contributed by atoms with van der Waals surface area (Å²) in [5.74, 6) is 0.162. The Morgan fingerprint density at radius 1 is 1.26 bits per heavy atom. The lowest BCUT2D eigenvalue weighted by atomic mass is 9.86. The van der Waals surface area contributed by atoms with Gasteiger partial charge < -0.3 is 10.2 Å². The molecule has 1 amide bonds. The van der Waals surface area contributed by atoms with Gasteiger partial charge in [0, 0.05) is 36.9 Å². The van der Waals surface area contributed by atoms with Gasteiger partial charge >= 0.3 is 0 Å². The van der Waals surface area contributed by atoms with E-state index in [1.165, 1.54) is 0 Å². The smallest absolute Gasteiger partial charge is 0.297 e. The molecule has 23 heavy (non-hydrogen) atoms. The van der Waals surface area contributed by atoms with Gasteiger partial charge in [-0.1, -0.05) is 12.1 Å². The minimum atomic E-state index is -2.70. The van der Waals surface area contributed by atoms with Crippen molar-refractivity contribution < 1.29 is 13.6 Å². The van der Waals surface area contributed by atoms with Crippen LogP contribution in [0.4, 0.5) is 14.6 Å². The van der Waals surface area contributed by atoms with Gasteiger partial charge in [0.15, 0.2) is 5.82 Å². The van der Waals surface area contributed by atoms with Crippen LogP contribution in [0.1, 0.15) is 25.1 Å². The Kier molecular flexibility index (Phi) is 3.18. The molecule has 2 aromatic rings. The molecule has 0 bridgehead atoms. The Morgan fingerprint density at radius 3 is 2.83 bits per heavy atom. The summed E-state index contributed by atoms with van der Waals surface area (Å²) < 4.78 is 26.2. The summed E-state index contributed by atoms with van der Waals surface area (Å²) in [6, 6.07) is 7.20. The topological polar surface area (TPSA) is 58.1 Å². The van der Waals surface area contributed by atoms with E-state index in [2.05, 4.69) is 15.3 Å². The molecule has 120 valence electrons. The lowest BCUT2D eigenvalue weighted by Gasteiger charge is -2.23. The van der Waals surface area contributed by atoms with Crippen molar-refractivity contribution in [3.8, 4) is 0 Å². The van der Waals surface area contributed by atoms with E-state index >= 15 is 0 Å². The van der Waals surface area contributed by atoms with E-state index in [-0.39, 0.29) is 11.3 Å². The third-order valence-corrected chi connectivity index (χ3v) is 4.73. The highest BCUT2D eigenvalue weighted by atomic mass is 19.3. The predicted molar refractivity (Wildman–Crippen MR) is 81.4 cm³/mol. The average molecular weight is 318 g/mol. The zero-order chi connectivity index (χ0) is 16.0. The number of carbonyl (C=O) groups is 1. The summed E-state index contributed by atoms with van der Waals surface area (Å²) in [4.78, 5) is 21.6. The van der Waals surface area contributed by atoms with E-state index in [9.17, 15) is 13.6 Å². The van der Waals surface area contributed by atoms with Crippen molar-refractivity contribution >= 4 is 22.6 Å². The monoisotopic (exact) mass is 318 g/mol. The van der Waals surface area contributed by atoms with E-state index in [1.807, 2.05) is 17.0 Å². The Hall–Kier alpha value is -2.31. The van der Waals surface area contributed by atoms with Crippen LogP contribution < -0.4 is 10.2 Å². The maximum absolute atomic E-state index is 13.1. The quantitative estimate of drug-likeness (QED) is 0.923. The minimum Gasteiger partial charge on any atom is -0.355 e. The van der Waals surface area contributed by atoms with Crippen molar-refractivity contribution in [2.24, 2.45) is 5.41 Å². The average Bonchev–Trinajstić information content (AvgIpc) is 3.12. The van der Waals surface area contributed by atoms with E-state index in [0.29, 0.717) is 37.4 Å². The number of amides is 1. The molecule has 3 heterocycles. The number of nitrogens with zero attached hydrogens (tertiary/aromatic N) is 3. The number of hydrogen-bond donors (Lipinski definition) is 1. The SMILES string of the molecule is O=C1CC2(CCN(c3nc(C(F)F)nc4ccccc34)C2)CN1. The van der Waals surface area contributed by atoms with E-state index in [0.717, 1.165) is 11.8 Å². The number of benzene rings is 1. The van der Waals surface area contributed by atoms with Gasteiger partial charge in [-0.25, -0.2) is 18.7 Å². The van der Waals surface area contributed by atoms with Crippen LogP contribution >= 0.6 is 0 Å². The largest absolute Gasteiger partial charge is 0.355 e. The maximum Gasteiger partial charge on any atom is 0.297 e. The van der Waals surface area contributed by atoms with Crippen molar-refractivity contribution in [1.29, 1.82) is 0 Å². The first-order valence-electron chi connectivity index (χ1n) is 7.63. The molecule has 2 aliphatic rings. The van der Waals surface area contributed by atoms with Crippen molar-refractivity contribution in [1.82, 2.24) is 15.3 Å². The first-order valence-corrected chi connectivity index (χ1v) is 7.63. The van der Waals surface area contributed by atoms with Crippen LogP contribution in [0.3, 0.4) is 0 Å². The number of nitrogens with one attached hydrogen (secondary N) is 1. The maximum atomic E-state index is 13.1. The zero-order valence-corrected chi connectivity index (χ0v) is 12.4. The van der Waals surface area contributed by atoms with Gasteiger partial charge in [0.1, 0.15) is 5.82 Å². The van der Waals surface area contributed by atoms with E-state index in [4.69, 9.17) is 0 Å². The second-order valence-corrected chi connectivity index (χ2v) is 6.35. The van der Waals surface area contributed by atoms with Crippen molar-refractivity contribution in [3.63, 3.8) is 0 Å². The fourth-order valence-corrected chi connectivity index (χ4v) is 3.57. The molecule has 2 fully saturated rings. The lowest BCUT2D eigenvalue weighted by Crippen LogP contribution is -2.29. The van der Waals surface area contributed by atoms with E-state index in [1.54, 1.807) is 12.1 Å². The Morgan fingerprint density at radius 2 is 2.09 bits per heavy atom. The minimum absolute atomic E-state index is 0.0627. The first-order chi connectivity index (χ1) is 11.1. The van der Waals surface area contributed by atoms with Crippen molar-refractivity contribution in [2.75, 3.05) is 24.5 Å². The molecule has 4 rings (SSSR count). The number of hydrogen-bond acceptors (Lipinski definition) is 4. The number of fused-ring (bicyclic) bond motifs is 1. The van der Waals surface area contributed by atoms with Gasteiger partial charge in [-0.05, 0) is 18.6 Å². The third kappa shape index (κ3) is 2.40. The standard InChI is InChI=1S/C16H16F2N4O/c17-13(18)14-20-11-4-2-1-3-10(11)15(21-14)22-6-5-16(9-22)7-12(23)19-8-16/h1-4,13H,5-9H2,(H,19,23). The van der Waals surface area contributed by atoms with Crippen LogP contribution in [0.5, 0.6) is 0 Å². The summed E-state index contributed by atoms with van der Waals surface area (Å²) in [5.41, 5.74) is 0.420. The molecule has 5 nitrogen and oxygen atoms in total. The number of aromatic nitrogens is 2. The third-order valence-electron chi connectivity index (χ3n) is 4.73. The molecule has 1 atom stereocenters. The summed E-state index contributed by atoms with van der Waals surface area (Å²) in [5, 5.41) is 3.64. The number of para-hydroxylation sites is 1. The molecular formula is C16H16F2N4O. The number of halogens is 2. The second kappa shape index (κ2) is 5.11. The fraction of sp³-hybridized carbons (Fsp3) is 0.438. The second-order valence-electron chi connectivity index (χ2n) is 6.35. The Bertz CT molecular complexity index is 782. The molecule has 1 spiro atoms. The molecule has 1 aromatic heterocycles. The molecule has 1 N–H and O–H groups in total. The van der Waals surface area contributed by atoms with Gasteiger partial charge in [-0.2, -0.15) is 0 Å². The van der Waals surface area contributed by atoms with Crippen LogP contribution in [0.25, 0.3) is 10.9 Å². The highest BCUT2D eigenvalue weighted by Crippen LogP contribution is 2.40. The number of alkyl halides is 2. The molecule has 2 saturated heterocycles. The highest BCUT2D eigenvalue weighted by Gasteiger charge is 2.44. The molecule has 1 unspecified atom stereocenters. The molecular weight excluding hydrogens is 302 g/mol. The molecule has 0 radical (unpaired) electrons. The number of carbonyl (C=O) groups excluding carboxylic acids is 1. The lowest BCUT2D eigenvalue weighted by molar-refractivity contribution is -0.119.